The molecular formula is C12H15ClN6O3. The maximum Gasteiger partial charge on any atom is 0.389 e. The number of hydrogen-bond donors (Lipinski definition) is 0. The van der Waals surface area contributed by atoms with E-state index in [9.17, 15) is 14.9 Å². The normalized spacial score (nSPS) is 10.7. The van der Waals surface area contributed by atoms with Crippen LogP contribution in [0.15, 0.2) is 18.5 Å². The number of aromatic nitrogens is 4. The smallest absolute Gasteiger partial charge is 0.358 e. The highest BCUT2D eigenvalue weighted by Crippen LogP contribution is 2.15. The fourth-order valence-corrected chi connectivity index (χ4v) is 2.02. The molecule has 22 heavy (non-hydrogen) atoms. The molecule has 0 aliphatic heterocycles. The Hall–Kier alpha value is -2.42. The average Bonchev–Trinajstić information content (AvgIpc) is 3.06. The average molecular weight is 327 g/mol. The van der Waals surface area contributed by atoms with Gasteiger partial charge in [0, 0.05) is 19.8 Å². The highest BCUT2D eigenvalue weighted by Gasteiger charge is 2.18. The van der Waals surface area contributed by atoms with E-state index in [0.717, 1.165) is 0 Å². The fraction of sp³-hybridized carbons (Fsp3) is 0.417. The van der Waals surface area contributed by atoms with Gasteiger partial charge in [0.25, 0.3) is 0 Å². The Balaban J connectivity index is 1.99. The number of rotatable bonds is 6. The highest BCUT2D eigenvalue weighted by molar-refractivity contribution is 6.31. The Morgan fingerprint density at radius 1 is 1.45 bits per heavy atom. The molecule has 2 rings (SSSR count). The second kappa shape index (κ2) is 6.56. The summed E-state index contributed by atoms with van der Waals surface area (Å²) in [5.74, 6) is -0.541. The SMILES string of the molecule is CCn1cc(Cl)c(CN(C)C(=O)Cn2ccc([N+](=O)[O-])n2)n1. The second-order valence-corrected chi connectivity index (χ2v) is 5.07. The Bertz CT molecular complexity index is 695. The first kappa shape index (κ1) is 16.0. The van der Waals surface area contributed by atoms with Gasteiger partial charge in [-0.15, -0.1) is 0 Å². The van der Waals surface area contributed by atoms with Crippen LogP contribution in [0.25, 0.3) is 0 Å². The number of nitro groups is 1. The van der Waals surface area contributed by atoms with Crippen molar-refractivity contribution in [1.29, 1.82) is 0 Å². The van der Waals surface area contributed by atoms with Crippen LogP contribution in [-0.4, -0.2) is 42.3 Å². The number of amides is 1. The van der Waals surface area contributed by atoms with Crippen molar-refractivity contribution in [3.63, 3.8) is 0 Å². The zero-order valence-corrected chi connectivity index (χ0v) is 12.9. The lowest BCUT2D eigenvalue weighted by molar-refractivity contribution is -0.389. The van der Waals surface area contributed by atoms with Gasteiger partial charge in [-0.05, 0) is 11.8 Å². The molecule has 10 heteroatoms. The molecule has 118 valence electrons. The molecule has 0 fully saturated rings. The van der Waals surface area contributed by atoms with Crippen LogP contribution in [0.5, 0.6) is 0 Å². The zero-order chi connectivity index (χ0) is 16.3. The largest absolute Gasteiger partial charge is 0.389 e. The summed E-state index contributed by atoms with van der Waals surface area (Å²) in [6.07, 6.45) is 3.09. The van der Waals surface area contributed by atoms with Gasteiger partial charge in [0.05, 0.1) is 28.9 Å². The summed E-state index contributed by atoms with van der Waals surface area (Å²) in [6, 6.07) is 1.24. The Kier molecular flexibility index (Phi) is 4.76. The van der Waals surface area contributed by atoms with Crippen LogP contribution in [0.2, 0.25) is 5.02 Å². The predicted molar refractivity (Wildman–Crippen MR) is 78.3 cm³/mol. The molecule has 0 saturated carbocycles. The van der Waals surface area contributed by atoms with Crippen molar-refractivity contribution in [1.82, 2.24) is 24.5 Å². The number of hydrogen-bond acceptors (Lipinski definition) is 5. The lowest BCUT2D eigenvalue weighted by Gasteiger charge is -2.15. The number of halogens is 1. The fourth-order valence-electron chi connectivity index (χ4n) is 1.81. The number of nitrogens with zero attached hydrogens (tertiary/aromatic N) is 6. The third-order valence-corrected chi connectivity index (χ3v) is 3.35. The van der Waals surface area contributed by atoms with Crippen molar-refractivity contribution < 1.29 is 9.72 Å². The summed E-state index contributed by atoms with van der Waals surface area (Å²) in [4.78, 5) is 23.5. The number of carbonyl (C=O) groups excluding carboxylic acids is 1. The van der Waals surface area contributed by atoms with E-state index in [1.54, 1.807) is 17.9 Å². The van der Waals surface area contributed by atoms with E-state index in [4.69, 9.17) is 11.6 Å². The number of carbonyl (C=O) groups is 1. The molecule has 2 aromatic heterocycles. The molecule has 0 radical (unpaired) electrons. The van der Waals surface area contributed by atoms with E-state index >= 15 is 0 Å². The summed E-state index contributed by atoms with van der Waals surface area (Å²) in [6.45, 7) is 2.80. The van der Waals surface area contributed by atoms with Crippen molar-refractivity contribution >= 4 is 23.3 Å². The molecule has 0 aromatic carbocycles. The first-order valence-electron chi connectivity index (χ1n) is 6.54. The van der Waals surface area contributed by atoms with Crippen LogP contribution in [0.1, 0.15) is 12.6 Å². The lowest BCUT2D eigenvalue weighted by Crippen LogP contribution is -2.30. The van der Waals surface area contributed by atoms with Crippen molar-refractivity contribution in [3.8, 4) is 0 Å². The van der Waals surface area contributed by atoms with Gasteiger partial charge in [0.15, 0.2) is 0 Å². The first-order chi connectivity index (χ1) is 10.4. The van der Waals surface area contributed by atoms with E-state index in [0.29, 0.717) is 17.3 Å². The summed E-state index contributed by atoms with van der Waals surface area (Å²) in [5.41, 5.74) is 0.603. The van der Waals surface area contributed by atoms with Gasteiger partial charge in [0.2, 0.25) is 5.91 Å². The van der Waals surface area contributed by atoms with Crippen LogP contribution in [-0.2, 0) is 24.4 Å². The first-order valence-corrected chi connectivity index (χ1v) is 6.92. The molecule has 9 nitrogen and oxygen atoms in total. The molecule has 0 aliphatic carbocycles. The zero-order valence-electron chi connectivity index (χ0n) is 12.1. The third-order valence-electron chi connectivity index (χ3n) is 3.03. The molecule has 1 amide bonds. The van der Waals surface area contributed by atoms with Gasteiger partial charge in [0.1, 0.15) is 12.2 Å². The summed E-state index contributed by atoms with van der Waals surface area (Å²) in [7, 11) is 1.61. The Labute approximate surface area is 131 Å². The molecule has 2 aromatic rings. The molecule has 0 bridgehead atoms. The highest BCUT2D eigenvalue weighted by atomic mass is 35.5. The Morgan fingerprint density at radius 3 is 2.73 bits per heavy atom. The molecular weight excluding hydrogens is 312 g/mol. The summed E-state index contributed by atoms with van der Waals surface area (Å²) < 4.78 is 2.91. The van der Waals surface area contributed by atoms with Gasteiger partial charge in [-0.2, -0.15) is 9.78 Å². The molecule has 0 aliphatic rings. The quantitative estimate of drug-likeness (QED) is 0.589. The second-order valence-electron chi connectivity index (χ2n) is 4.66. The molecule has 2 heterocycles. The van der Waals surface area contributed by atoms with Crippen LogP contribution in [0.3, 0.4) is 0 Å². The van der Waals surface area contributed by atoms with Crippen molar-refractivity contribution in [2.75, 3.05) is 7.05 Å². The van der Waals surface area contributed by atoms with Gasteiger partial charge in [-0.1, -0.05) is 11.6 Å². The number of likely N-dealkylation sites (N-methyl/N-ethyl adjacent to an activating group) is 1. The standard InChI is InChI=1S/C12H15ClN6O3/c1-3-17-6-9(13)10(14-17)7-16(2)12(20)8-18-5-4-11(15-18)19(21)22/h4-6H,3,7-8H2,1-2H3. The van der Waals surface area contributed by atoms with Crippen molar-refractivity contribution in [3.05, 3.63) is 39.3 Å². The van der Waals surface area contributed by atoms with Crippen LogP contribution >= 0.6 is 11.6 Å². The minimum Gasteiger partial charge on any atom is -0.358 e. The molecule has 0 unspecified atom stereocenters. The topological polar surface area (TPSA) is 99.1 Å². The van der Waals surface area contributed by atoms with Gasteiger partial charge >= 0.3 is 5.82 Å². The van der Waals surface area contributed by atoms with E-state index in [1.807, 2.05) is 6.92 Å². The van der Waals surface area contributed by atoms with Gasteiger partial charge < -0.3 is 15.0 Å². The molecule has 0 spiro atoms. The van der Waals surface area contributed by atoms with Crippen molar-refractivity contribution in [2.45, 2.75) is 26.6 Å². The minimum absolute atomic E-state index is 0.0869. The monoisotopic (exact) mass is 326 g/mol. The van der Waals surface area contributed by atoms with Crippen LogP contribution in [0.4, 0.5) is 5.82 Å². The van der Waals surface area contributed by atoms with Gasteiger partial charge in [-0.3, -0.25) is 9.48 Å². The van der Waals surface area contributed by atoms with Crippen molar-refractivity contribution in [2.24, 2.45) is 0 Å². The van der Waals surface area contributed by atoms with E-state index < -0.39 is 4.92 Å². The third kappa shape index (κ3) is 3.61. The van der Waals surface area contributed by atoms with E-state index in [-0.39, 0.29) is 24.8 Å². The van der Waals surface area contributed by atoms with E-state index in [2.05, 4.69) is 10.2 Å². The van der Waals surface area contributed by atoms with Crippen LogP contribution < -0.4 is 0 Å². The predicted octanol–water partition coefficient (Wildman–Crippen LogP) is 1.32. The summed E-state index contributed by atoms with van der Waals surface area (Å²) in [5, 5.41) is 19.0. The van der Waals surface area contributed by atoms with Crippen LogP contribution in [0, 0.1) is 10.1 Å². The van der Waals surface area contributed by atoms with E-state index in [1.165, 1.54) is 21.8 Å². The Morgan fingerprint density at radius 2 is 2.18 bits per heavy atom. The molecule has 0 saturated heterocycles. The molecule has 0 atom stereocenters. The summed E-state index contributed by atoms with van der Waals surface area (Å²) >= 11 is 6.06. The minimum atomic E-state index is -0.609. The van der Waals surface area contributed by atoms with Gasteiger partial charge in [-0.25, -0.2) is 0 Å². The molecule has 0 N–H and O–H groups in total. The lowest BCUT2D eigenvalue weighted by atomic mass is 10.4. The maximum absolute atomic E-state index is 12.1. The number of aryl methyl sites for hydroxylation is 1. The maximum atomic E-state index is 12.1.